The normalized spacial score (nSPS) is 18.9. The number of aromatic hydroxyl groups is 1. The lowest BCUT2D eigenvalue weighted by Crippen LogP contribution is -2.61. The first-order chi connectivity index (χ1) is 56.1. The third-order valence-corrected chi connectivity index (χ3v) is 21.9. The minimum atomic E-state index is -1.69. The SMILES string of the molecule is CSCC[C@H](NC(=O)CN)C(=O)N[C@@H](C)C(=O)N[C@@H](CCCN=C(N)N)C(=O)N[C@@H](Cc1ccccc1)C(=O)N1CCC[C@H]1C(=O)N[C@@H](CCC(N)=O)C(=O)N1CCC[C@H]1C(=O)N[C@@H](CCC(=O)O)C(=O)N[C@@H](CS)C(=O)N[C@@H](CC(C)C)C(=O)N1CCC[C@H]1C(=O)N1CCC[C@H]1C(=O)N[C@@H](Cc1ccc(O)cc1)C(=O)N[C@@H](CS)C(=O)O. The molecule has 650 valence electrons. The number of primary amides is 1. The molecule has 2 aromatic carbocycles. The van der Waals surface area contributed by atoms with Gasteiger partial charge < -0.3 is 111 Å². The van der Waals surface area contributed by atoms with Crippen LogP contribution in [0.4, 0.5) is 0 Å². The first kappa shape index (κ1) is 96.3. The van der Waals surface area contributed by atoms with E-state index in [0.29, 0.717) is 29.7 Å². The van der Waals surface area contributed by atoms with Gasteiger partial charge in [-0.3, -0.25) is 81.7 Å². The smallest absolute Gasteiger partial charge is 0.327 e. The van der Waals surface area contributed by atoms with Gasteiger partial charge in [-0.05, 0) is 138 Å². The molecule has 39 nitrogen and oxygen atoms in total. The second kappa shape index (κ2) is 47.8. The number of thiol groups is 2. The number of guanidine groups is 1. The van der Waals surface area contributed by atoms with Gasteiger partial charge in [-0.15, -0.1) is 0 Å². The van der Waals surface area contributed by atoms with E-state index in [1.807, 2.05) is 0 Å². The van der Waals surface area contributed by atoms with Crippen LogP contribution in [0.25, 0.3) is 0 Å². The summed E-state index contributed by atoms with van der Waals surface area (Å²) in [6.07, 6.45) is 1.23. The molecule has 4 saturated heterocycles. The van der Waals surface area contributed by atoms with Crippen molar-refractivity contribution in [1.29, 1.82) is 0 Å². The van der Waals surface area contributed by atoms with Gasteiger partial charge in [0.15, 0.2) is 5.96 Å². The van der Waals surface area contributed by atoms with Crippen LogP contribution in [0.5, 0.6) is 5.75 Å². The molecule has 0 aliphatic carbocycles. The molecule has 118 heavy (non-hydrogen) atoms. The number of aliphatic imine (C=N–C) groups is 1. The van der Waals surface area contributed by atoms with Crippen molar-refractivity contribution >= 4 is 144 Å². The van der Waals surface area contributed by atoms with Gasteiger partial charge in [-0.2, -0.15) is 37.0 Å². The molecule has 0 radical (unpaired) electrons. The van der Waals surface area contributed by atoms with Crippen molar-refractivity contribution in [3.05, 3.63) is 65.7 Å². The molecule has 0 aromatic heterocycles. The van der Waals surface area contributed by atoms with Crippen LogP contribution in [0.15, 0.2) is 59.6 Å². The van der Waals surface area contributed by atoms with Crippen LogP contribution in [-0.2, 0) is 94.3 Å². The van der Waals surface area contributed by atoms with Gasteiger partial charge in [0.2, 0.25) is 88.6 Å². The molecule has 0 spiro atoms. The Morgan fingerprint density at radius 1 is 0.483 bits per heavy atom. The lowest BCUT2D eigenvalue weighted by molar-refractivity contribution is -0.148. The molecule has 0 bridgehead atoms. The summed E-state index contributed by atoms with van der Waals surface area (Å²) in [5, 5.41) is 55.4. The molecule has 14 atom stereocenters. The Labute approximate surface area is 698 Å². The number of amides is 15. The number of nitrogens with one attached hydrogen (secondary N) is 10. The van der Waals surface area contributed by atoms with Crippen LogP contribution in [0.3, 0.4) is 0 Å². The minimum absolute atomic E-state index is 0.0183. The molecule has 15 amide bonds. The highest BCUT2D eigenvalue weighted by atomic mass is 32.2. The summed E-state index contributed by atoms with van der Waals surface area (Å²) in [4.78, 5) is 245. The lowest BCUT2D eigenvalue weighted by atomic mass is 10.0. The van der Waals surface area contributed by atoms with Crippen LogP contribution in [0.1, 0.15) is 135 Å². The highest BCUT2D eigenvalue weighted by Crippen LogP contribution is 2.29. The summed E-state index contributed by atoms with van der Waals surface area (Å²) in [7, 11) is 0. The van der Waals surface area contributed by atoms with Gasteiger partial charge in [-0.1, -0.05) is 56.3 Å². The summed E-state index contributed by atoms with van der Waals surface area (Å²) in [6.45, 7) is 4.58. The van der Waals surface area contributed by atoms with Crippen LogP contribution < -0.4 is 76.1 Å². The Hall–Kier alpha value is -10.5. The Morgan fingerprint density at radius 3 is 1.45 bits per heavy atom. The molecule has 0 unspecified atom stereocenters. The first-order valence-corrected chi connectivity index (χ1v) is 42.0. The molecule has 4 fully saturated rings. The molecule has 6 rings (SSSR count). The number of phenols is 1. The Morgan fingerprint density at radius 2 is 0.915 bits per heavy atom. The van der Waals surface area contributed by atoms with E-state index in [0.717, 1.165) is 4.90 Å². The minimum Gasteiger partial charge on any atom is -0.508 e. The maximum absolute atomic E-state index is 15.1. The number of carboxylic acids is 2. The average molecular weight is 1710 g/mol. The Balaban J connectivity index is 1.15. The van der Waals surface area contributed by atoms with Crippen molar-refractivity contribution < 1.29 is 96.8 Å². The van der Waals surface area contributed by atoms with Gasteiger partial charge in [0.25, 0.3) is 0 Å². The number of nitrogens with zero attached hydrogens (tertiary/aromatic N) is 5. The lowest BCUT2D eigenvalue weighted by Gasteiger charge is -2.34. The van der Waals surface area contributed by atoms with Gasteiger partial charge in [0, 0.05) is 69.9 Å². The van der Waals surface area contributed by atoms with Gasteiger partial charge in [-0.25, -0.2) is 4.79 Å². The van der Waals surface area contributed by atoms with Crippen molar-refractivity contribution in [2.45, 2.75) is 221 Å². The van der Waals surface area contributed by atoms with Crippen molar-refractivity contribution in [1.82, 2.24) is 72.8 Å². The zero-order chi connectivity index (χ0) is 87.0. The fraction of sp³-hybridized carbons (Fsp3) is 0.605. The predicted molar refractivity (Wildman–Crippen MR) is 438 cm³/mol. The van der Waals surface area contributed by atoms with E-state index in [1.54, 1.807) is 50.4 Å². The molecule has 4 aliphatic heterocycles. The van der Waals surface area contributed by atoms with Crippen LogP contribution in [0.2, 0.25) is 0 Å². The topological polar surface area (TPSA) is 601 Å². The van der Waals surface area contributed by atoms with Crippen molar-refractivity contribution in [2.75, 3.05) is 62.8 Å². The molecular formula is C76H113N19O20S3. The summed E-state index contributed by atoms with van der Waals surface area (Å²) in [6, 6.07) is -4.58. The first-order valence-electron chi connectivity index (χ1n) is 39.4. The second-order valence-electron chi connectivity index (χ2n) is 29.9. The van der Waals surface area contributed by atoms with Gasteiger partial charge in [0.1, 0.15) is 90.3 Å². The summed E-state index contributed by atoms with van der Waals surface area (Å²) >= 11 is 9.79. The zero-order valence-corrected chi connectivity index (χ0v) is 69.2. The van der Waals surface area contributed by atoms with E-state index in [9.17, 15) is 92.0 Å². The number of phenolic OH excluding ortho intramolecular Hbond substituents is 1. The number of benzene rings is 2. The maximum Gasteiger partial charge on any atom is 0.327 e. The maximum atomic E-state index is 15.1. The highest BCUT2D eigenvalue weighted by Gasteiger charge is 2.47. The van der Waals surface area contributed by atoms with E-state index in [2.05, 4.69) is 83.4 Å². The van der Waals surface area contributed by atoms with Crippen molar-refractivity contribution in [2.24, 2.45) is 33.8 Å². The van der Waals surface area contributed by atoms with Gasteiger partial charge in [0.05, 0.1) is 6.54 Å². The third-order valence-electron chi connectivity index (χ3n) is 20.5. The molecule has 0 saturated carbocycles. The molecule has 42 heteroatoms. The fourth-order valence-electron chi connectivity index (χ4n) is 14.4. The quantitative estimate of drug-likeness (QED) is 0.0130. The summed E-state index contributed by atoms with van der Waals surface area (Å²) in [5.41, 5.74) is 23.3. The van der Waals surface area contributed by atoms with Crippen LogP contribution in [0, 0.1) is 5.92 Å². The van der Waals surface area contributed by atoms with Crippen molar-refractivity contribution in [3.63, 3.8) is 0 Å². The number of rotatable bonds is 46. The summed E-state index contributed by atoms with van der Waals surface area (Å²) < 4.78 is 0. The Bertz CT molecular complexity index is 3920. The number of hydrogen-bond donors (Lipinski definition) is 19. The van der Waals surface area contributed by atoms with Gasteiger partial charge >= 0.3 is 11.9 Å². The fourth-order valence-corrected chi connectivity index (χ4v) is 15.3. The van der Waals surface area contributed by atoms with E-state index in [4.69, 9.17) is 22.9 Å². The van der Waals surface area contributed by atoms with E-state index >= 15 is 4.79 Å². The Kier molecular flexibility index (Phi) is 39.0. The van der Waals surface area contributed by atoms with Crippen LogP contribution >= 0.6 is 37.0 Å². The highest BCUT2D eigenvalue weighted by molar-refractivity contribution is 7.98. The number of thioether (sulfide) groups is 1. The number of carbonyl (C=O) groups excluding carboxylic acids is 15. The van der Waals surface area contributed by atoms with Crippen LogP contribution in [-0.4, -0.2) is 289 Å². The number of aliphatic carboxylic acids is 2. The standard InChI is InChI=1S/C76H113N19O20S3/c1-41(2)35-51(72(111)95-33-12-19-58(95)74(113)94-32-11-18-57(94)70(109)87-50(36-44-20-22-45(96)23-21-44)66(105)91-54(40-117)75(114)115)88-67(106)53(39-116)90-65(104)47(25-27-61(99)100)85-68(107)55-16-9-30-92(55)71(110)49(24-26-59(78)97)86-69(108)56-17-10-31-93(56)73(112)52(37-43-13-6-5-7-14-43)89-64(103)46(15-8-29-81-76(79)80)84-62(101)42(3)82-63(102)48(28-34-118-4)83-60(98)38-77/h5-7,13-14,20-23,41-42,46-58,96,116-117H,8-12,15-19,24-40,77H2,1-4H3,(H2,78,97)(H,82,102)(H,83,98)(H,84,101)(H,85,107)(H,86,108)(H,87,109)(H,88,106)(H,89,103)(H,90,104)(H,91,105)(H,99,100)(H,114,115)(H4,79,80,81)/t42-,46-,47-,48-,49-,50-,51-,52-,53-,54-,55-,56-,57-,58-/m0/s1. The molecule has 21 N–H and O–H groups in total. The third kappa shape index (κ3) is 29.2. The van der Waals surface area contributed by atoms with Crippen molar-refractivity contribution in [3.8, 4) is 5.75 Å². The number of hydrogen-bond acceptors (Lipinski definition) is 23. The largest absolute Gasteiger partial charge is 0.508 e. The molecule has 2 aromatic rings. The predicted octanol–water partition coefficient (Wildman–Crippen LogP) is -4.10. The zero-order valence-electron chi connectivity index (χ0n) is 66.6. The average Bonchev–Trinajstić information content (AvgIpc) is 1.63. The van der Waals surface area contributed by atoms with E-state index in [1.165, 1.54) is 57.7 Å². The molecule has 4 aliphatic rings. The molecule has 4 heterocycles. The molecular weight excluding hydrogens is 1600 g/mol. The monoisotopic (exact) mass is 1710 g/mol. The second-order valence-corrected chi connectivity index (χ2v) is 31.6. The van der Waals surface area contributed by atoms with E-state index in [-0.39, 0.29) is 133 Å². The number of carbonyl (C=O) groups is 17. The summed E-state index contributed by atoms with van der Waals surface area (Å²) in [5.74, 6) is -15.6. The number of nitrogens with two attached hydrogens (primary N) is 4. The number of likely N-dealkylation sites (tertiary alicyclic amines) is 4. The van der Waals surface area contributed by atoms with E-state index < -0.39 is 223 Å². The number of carboxylic acid groups (broad SMARTS) is 2.